The monoisotopic (exact) mass is 526 g/mol. The first-order valence-electron chi connectivity index (χ1n) is 13.2. The molecule has 0 saturated carbocycles. The van der Waals surface area contributed by atoms with Gasteiger partial charge < -0.3 is 19.7 Å². The number of aromatic nitrogens is 1. The fourth-order valence-corrected chi connectivity index (χ4v) is 4.63. The van der Waals surface area contributed by atoms with E-state index in [9.17, 15) is 14.7 Å². The molecule has 2 N–H and O–H groups in total. The van der Waals surface area contributed by atoms with Crippen molar-refractivity contribution in [1.29, 1.82) is 0 Å². The van der Waals surface area contributed by atoms with E-state index in [4.69, 9.17) is 4.74 Å². The zero-order valence-corrected chi connectivity index (χ0v) is 23.9. The molecular weight excluding hydrogens is 488 g/mol. The number of carbonyl (C=O) groups is 2. The van der Waals surface area contributed by atoms with Crippen molar-refractivity contribution in [1.82, 2.24) is 9.88 Å². The van der Waals surface area contributed by atoms with Crippen molar-refractivity contribution in [3.05, 3.63) is 100 Å². The van der Waals surface area contributed by atoms with Crippen LogP contribution < -0.4 is 10.1 Å². The van der Waals surface area contributed by atoms with Crippen LogP contribution in [0.2, 0.25) is 0 Å². The van der Waals surface area contributed by atoms with Crippen LogP contribution in [-0.4, -0.2) is 27.2 Å². The summed E-state index contributed by atoms with van der Waals surface area (Å²) in [6.07, 6.45) is 0. The lowest BCUT2D eigenvalue weighted by Crippen LogP contribution is -2.37. The average molecular weight is 527 g/mol. The van der Waals surface area contributed by atoms with Gasteiger partial charge in [-0.25, -0.2) is 4.79 Å². The second-order valence-corrected chi connectivity index (χ2v) is 11.7. The Bertz CT molecular complexity index is 1520. The number of carboxylic acids is 1. The summed E-state index contributed by atoms with van der Waals surface area (Å²) < 4.78 is 7.94. The van der Waals surface area contributed by atoms with Gasteiger partial charge in [-0.1, -0.05) is 57.2 Å². The molecule has 1 heterocycles. The first-order valence-corrected chi connectivity index (χ1v) is 13.2. The summed E-state index contributed by atoms with van der Waals surface area (Å²) in [6, 6.07) is 21.7. The van der Waals surface area contributed by atoms with Crippen LogP contribution in [0.25, 0.3) is 10.9 Å². The summed E-state index contributed by atoms with van der Waals surface area (Å²) in [7, 11) is 0. The molecule has 4 aromatic rings. The van der Waals surface area contributed by atoms with Gasteiger partial charge in [0, 0.05) is 35.2 Å². The average Bonchev–Trinajstić information content (AvgIpc) is 3.11. The third-order valence-electron chi connectivity index (χ3n) is 7.30. The van der Waals surface area contributed by atoms with Crippen molar-refractivity contribution in [3.8, 4) is 5.75 Å². The highest BCUT2D eigenvalue weighted by molar-refractivity contribution is 5.99. The van der Waals surface area contributed by atoms with Gasteiger partial charge in [0.1, 0.15) is 5.75 Å². The number of carbonyl (C=O) groups excluding carboxylic acids is 1. The zero-order valence-electron chi connectivity index (χ0n) is 23.9. The molecule has 0 radical (unpaired) electrons. The van der Waals surface area contributed by atoms with E-state index in [0.717, 1.165) is 33.3 Å². The quantitative estimate of drug-likeness (QED) is 0.265. The van der Waals surface area contributed by atoms with Crippen LogP contribution >= 0.6 is 0 Å². The van der Waals surface area contributed by atoms with E-state index in [1.165, 1.54) is 19.4 Å². The van der Waals surface area contributed by atoms with E-state index in [0.29, 0.717) is 24.4 Å². The van der Waals surface area contributed by atoms with Crippen molar-refractivity contribution in [2.75, 3.05) is 0 Å². The Kier molecular flexibility index (Phi) is 7.60. The van der Waals surface area contributed by atoms with Gasteiger partial charge in [-0.2, -0.15) is 0 Å². The van der Waals surface area contributed by atoms with E-state index < -0.39 is 11.6 Å². The summed E-state index contributed by atoms with van der Waals surface area (Å²) >= 11 is 0. The van der Waals surface area contributed by atoms with E-state index in [-0.39, 0.29) is 11.3 Å². The largest absolute Gasteiger partial charge is 0.478 e. The summed E-state index contributed by atoms with van der Waals surface area (Å²) in [6.45, 7) is 14.8. The lowest BCUT2D eigenvalue weighted by atomic mass is 9.87. The summed E-state index contributed by atoms with van der Waals surface area (Å²) in [5, 5.41) is 13.5. The number of hydrogen-bond acceptors (Lipinski definition) is 3. The third-order valence-corrected chi connectivity index (χ3v) is 7.30. The number of amides is 1. The Hall–Kier alpha value is -4.06. The van der Waals surface area contributed by atoms with Crippen LogP contribution in [0.1, 0.15) is 72.9 Å². The first kappa shape index (κ1) is 28.0. The number of aliphatic carboxylic acids is 1. The van der Waals surface area contributed by atoms with Crippen LogP contribution in [0.5, 0.6) is 5.75 Å². The molecule has 204 valence electrons. The lowest BCUT2D eigenvalue weighted by molar-refractivity contribution is -0.152. The predicted molar refractivity (Wildman–Crippen MR) is 156 cm³/mol. The topological polar surface area (TPSA) is 80.6 Å². The minimum absolute atomic E-state index is 0.0947. The summed E-state index contributed by atoms with van der Waals surface area (Å²) in [5.41, 5.74) is 5.99. The van der Waals surface area contributed by atoms with Crippen molar-refractivity contribution in [2.45, 2.75) is 72.6 Å². The number of benzene rings is 3. The van der Waals surface area contributed by atoms with Gasteiger partial charge in [-0.3, -0.25) is 4.79 Å². The van der Waals surface area contributed by atoms with Crippen molar-refractivity contribution < 1.29 is 19.4 Å². The Morgan fingerprint density at radius 1 is 0.897 bits per heavy atom. The number of aryl methyl sites for hydroxylation is 1. The molecule has 0 aliphatic rings. The Morgan fingerprint density at radius 2 is 1.59 bits per heavy atom. The minimum atomic E-state index is -1.32. The molecule has 0 saturated heterocycles. The van der Waals surface area contributed by atoms with Crippen LogP contribution in [0.15, 0.2) is 66.7 Å². The van der Waals surface area contributed by atoms with Crippen molar-refractivity contribution in [2.24, 2.45) is 0 Å². The number of nitrogens with one attached hydrogen (secondary N) is 1. The molecular formula is C33H38N2O4. The lowest BCUT2D eigenvalue weighted by Gasteiger charge is -2.22. The normalized spacial score (nSPS) is 12.0. The molecule has 0 fully saturated rings. The molecule has 4 rings (SSSR count). The molecule has 1 aromatic heterocycles. The number of fused-ring (bicyclic) bond motifs is 1. The molecule has 0 atom stereocenters. The summed E-state index contributed by atoms with van der Waals surface area (Å²) in [5.74, 6) is -0.612. The second-order valence-electron chi connectivity index (χ2n) is 11.7. The Morgan fingerprint density at radius 3 is 2.23 bits per heavy atom. The minimum Gasteiger partial charge on any atom is -0.478 e. The Balaban J connectivity index is 1.52. The van der Waals surface area contributed by atoms with E-state index in [1.54, 1.807) is 6.07 Å². The predicted octanol–water partition coefficient (Wildman–Crippen LogP) is 6.78. The Labute approximate surface area is 230 Å². The number of nitrogens with zero attached hydrogens (tertiary/aromatic N) is 1. The van der Waals surface area contributed by atoms with E-state index in [1.807, 2.05) is 36.4 Å². The molecule has 6 nitrogen and oxygen atoms in total. The summed E-state index contributed by atoms with van der Waals surface area (Å²) in [4.78, 5) is 24.5. The molecule has 0 aliphatic carbocycles. The highest BCUT2D eigenvalue weighted by atomic mass is 16.5. The third kappa shape index (κ3) is 6.17. The van der Waals surface area contributed by atoms with E-state index in [2.05, 4.69) is 68.8 Å². The van der Waals surface area contributed by atoms with Crippen LogP contribution in [0.3, 0.4) is 0 Å². The van der Waals surface area contributed by atoms with Crippen LogP contribution in [0, 0.1) is 13.8 Å². The van der Waals surface area contributed by atoms with Crippen molar-refractivity contribution >= 4 is 22.8 Å². The second kappa shape index (κ2) is 10.6. The van der Waals surface area contributed by atoms with Gasteiger partial charge in [0.15, 0.2) is 5.60 Å². The first-order chi connectivity index (χ1) is 18.3. The van der Waals surface area contributed by atoms with Gasteiger partial charge in [-0.05, 0) is 85.7 Å². The maximum atomic E-state index is 13.0. The van der Waals surface area contributed by atoms with E-state index >= 15 is 0 Å². The molecule has 39 heavy (non-hydrogen) atoms. The molecule has 0 unspecified atom stereocenters. The maximum absolute atomic E-state index is 13.0. The number of ether oxygens (including phenoxy) is 1. The van der Waals surface area contributed by atoms with Gasteiger partial charge in [-0.15, -0.1) is 0 Å². The maximum Gasteiger partial charge on any atom is 0.347 e. The standard InChI is InChI=1S/C33H38N2O4/c1-21-22(2)35(20-24-9-8-10-27(17-24)39-33(6,7)31(37)38)29-16-13-25(18-28(21)29)30(36)34-19-23-11-14-26(15-12-23)32(3,4)5/h8-18H,19-20H2,1-7H3,(H,34,36)(H,37,38). The molecule has 1 amide bonds. The molecule has 0 aliphatic heterocycles. The smallest absolute Gasteiger partial charge is 0.347 e. The number of rotatable bonds is 8. The highest BCUT2D eigenvalue weighted by Crippen LogP contribution is 2.29. The van der Waals surface area contributed by atoms with Crippen molar-refractivity contribution in [3.63, 3.8) is 0 Å². The fourth-order valence-electron chi connectivity index (χ4n) is 4.63. The van der Waals surface area contributed by atoms with Gasteiger partial charge in [0.05, 0.1) is 0 Å². The zero-order chi connectivity index (χ0) is 28.5. The molecule has 0 bridgehead atoms. The van der Waals surface area contributed by atoms with Crippen LogP contribution in [0.4, 0.5) is 0 Å². The molecule has 6 heteroatoms. The SMILES string of the molecule is Cc1c(C)n(Cc2cccc(OC(C)(C)C(=O)O)c2)c2ccc(C(=O)NCc3ccc(C(C)(C)C)cc3)cc12. The van der Waals surface area contributed by atoms with Crippen LogP contribution in [-0.2, 0) is 23.3 Å². The fraction of sp³-hybridized carbons (Fsp3) is 0.333. The highest BCUT2D eigenvalue weighted by Gasteiger charge is 2.29. The molecule has 3 aromatic carbocycles. The van der Waals surface area contributed by atoms with Gasteiger partial charge in [0.2, 0.25) is 0 Å². The number of carboxylic acid groups (broad SMARTS) is 1. The van der Waals surface area contributed by atoms with Gasteiger partial charge >= 0.3 is 5.97 Å². The number of hydrogen-bond donors (Lipinski definition) is 2. The molecule has 0 spiro atoms. The van der Waals surface area contributed by atoms with Gasteiger partial charge in [0.25, 0.3) is 5.91 Å².